The molecule has 0 spiro atoms. The van der Waals surface area contributed by atoms with Crippen molar-refractivity contribution in [2.75, 3.05) is 5.01 Å². The van der Waals surface area contributed by atoms with Gasteiger partial charge in [-0.1, -0.05) is 50.2 Å². The number of thiocarbonyl (C=S) groups is 1. The van der Waals surface area contributed by atoms with Crippen LogP contribution in [0.4, 0.5) is 23.2 Å². The van der Waals surface area contributed by atoms with E-state index in [1.54, 1.807) is 36.4 Å². The molecule has 0 radical (unpaired) electrons. The van der Waals surface area contributed by atoms with Crippen molar-refractivity contribution < 1.29 is 22.3 Å². The lowest BCUT2D eigenvalue weighted by atomic mass is 10.0. The Kier molecular flexibility index (Phi) is 7.72. The van der Waals surface area contributed by atoms with Gasteiger partial charge in [-0.3, -0.25) is 0 Å². The quantitative estimate of drug-likeness (QED) is 0.130. The van der Waals surface area contributed by atoms with Gasteiger partial charge < -0.3 is 10.5 Å². The molecule has 0 aliphatic heterocycles. The maximum absolute atomic E-state index is 14.7. The van der Waals surface area contributed by atoms with Gasteiger partial charge in [-0.25, -0.2) is 19.1 Å². The lowest BCUT2D eigenvalue weighted by molar-refractivity contribution is -0.274. The first-order valence-electron chi connectivity index (χ1n) is 11.3. The van der Waals surface area contributed by atoms with Crippen molar-refractivity contribution in [1.82, 2.24) is 14.8 Å². The fourth-order valence-corrected chi connectivity index (χ4v) is 3.75. The normalized spacial score (nSPS) is 11.8. The van der Waals surface area contributed by atoms with Crippen LogP contribution in [-0.4, -0.2) is 32.5 Å². The van der Waals surface area contributed by atoms with Gasteiger partial charge in [0, 0.05) is 5.56 Å². The van der Waals surface area contributed by atoms with Crippen LogP contribution in [0.15, 0.2) is 78.2 Å². The molecule has 4 aromatic rings. The highest BCUT2D eigenvalue weighted by molar-refractivity contribution is 7.80. The molecule has 7 nitrogen and oxygen atoms in total. The Bertz CT molecular complexity index is 1450. The number of aromatic nitrogens is 3. The highest BCUT2D eigenvalue weighted by Gasteiger charge is 2.31. The second-order valence-corrected chi connectivity index (χ2v) is 8.82. The van der Waals surface area contributed by atoms with Crippen molar-refractivity contribution in [2.24, 2.45) is 10.8 Å². The number of halogens is 4. The number of anilines is 1. The molecule has 1 aromatic heterocycles. The highest BCUT2D eigenvalue weighted by atomic mass is 32.1. The molecule has 12 heteroatoms. The highest BCUT2D eigenvalue weighted by Crippen LogP contribution is 2.31. The molecule has 38 heavy (non-hydrogen) atoms. The number of hydrazone groups is 1. The number of rotatable bonds is 7. The van der Waals surface area contributed by atoms with Gasteiger partial charge in [0.1, 0.15) is 23.6 Å². The Morgan fingerprint density at radius 1 is 1.08 bits per heavy atom. The number of nitrogens with two attached hydrogens (primary N) is 1. The van der Waals surface area contributed by atoms with E-state index in [1.807, 2.05) is 13.8 Å². The summed E-state index contributed by atoms with van der Waals surface area (Å²) in [5, 5.41) is 9.81. The van der Waals surface area contributed by atoms with Crippen LogP contribution in [0.5, 0.6) is 5.75 Å². The van der Waals surface area contributed by atoms with Crippen molar-refractivity contribution in [3.63, 3.8) is 0 Å². The lowest BCUT2D eigenvalue weighted by Gasteiger charge is -2.22. The predicted octanol–water partition coefficient (Wildman–Crippen LogP) is 6.18. The molecule has 196 valence electrons. The SMILES string of the molecule is CC(C)c1cccc(F)c1N(/N=C/c1ccc(-c2ncn(-c3ccc(OC(F)(F)F)cc3)n2)cc1)C(N)=S. The van der Waals surface area contributed by atoms with Gasteiger partial charge in [0.2, 0.25) is 0 Å². The van der Waals surface area contributed by atoms with Gasteiger partial charge in [-0.15, -0.1) is 18.3 Å². The van der Waals surface area contributed by atoms with Crippen molar-refractivity contribution >= 4 is 29.2 Å². The molecule has 0 atom stereocenters. The van der Waals surface area contributed by atoms with Crippen LogP contribution in [0.1, 0.15) is 30.9 Å². The number of benzene rings is 3. The summed E-state index contributed by atoms with van der Waals surface area (Å²) in [7, 11) is 0. The zero-order valence-corrected chi connectivity index (χ0v) is 21.0. The van der Waals surface area contributed by atoms with Crippen LogP contribution < -0.4 is 15.5 Å². The number of nitrogens with zero attached hydrogens (tertiary/aromatic N) is 5. The average Bonchev–Trinajstić information content (AvgIpc) is 3.35. The first-order valence-corrected chi connectivity index (χ1v) is 11.7. The summed E-state index contributed by atoms with van der Waals surface area (Å²) >= 11 is 5.13. The maximum Gasteiger partial charge on any atom is 0.573 e. The molecule has 0 aliphatic carbocycles. The van der Waals surface area contributed by atoms with Crippen LogP contribution >= 0.6 is 12.2 Å². The first-order chi connectivity index (χ1) is 18.0. The summed E-state index contributed by atoms with van der Waals surface area (Å²) in [6.45, 7) is 3.87. The number of hydrogen-bond donors (Lipinski definition) is 1. The average molecular weight is 543 g/mol. The minimum Gasteiger partial charge on any atom is -0.406 e. The van der Waals surface area contributed by atoms with Crippen molar-refractivity contribution in [3.8, 4) is 22.8 Å². The molecule has 0 amide bonds. The molecule has 3 aromatic carbocycles. The van der Waals surface area contributed by atoms with Crippen molar-refractivity contribution in [1.29, 1.82) is 0 Å². The van der Waals surface area contributed by atoms with E-state index in [1.165, 1.54) is 52.6 Å². The Balaban J connectivity index is 1.51. The molecule has 0 fully saturated rings. The number of ether oxygens (including phenoxy) is 1. The van der Waals surface area contributed by atoms with Gasteiger partial charge in [0.25, 0.3) is 0 Å². The van der Waals surface area contributed by atoms with Crippen LogP contribution in [0.25, 0.3) is 17.1 Å². The number of hydrogen-bond acceptors (Lipinski definition) is 5. The van der Waals surface area contributed by atoms with Gasteiger partial charge in [0.05, 0.1) is 11.9 Å². The van der Waals surface area contributed by atoms with E-state index in [0.717, 1.165) is 5.56 Å². The van der Waals surface area contributed by atoms with Gasteiger partial charge in [-0.2, -0.15) is 5.10 Å². The third-order valence-corrected chi connectivity index (χ3v) is 5.55. The fraction of sp³-hybridized carbons (Fsp3) is 0.154. The minimum absolute atomic E-state index is 0.0190. The van der Waals surface area contributed by atoms with Crippen LogP contribution in [0.3, 0.4) is 0 Å². The summed E-state index contributed by atoms with van der Waals surface area (Å²) < 4.78 is 57.1. The predicted molar refractivity (Wildman–Crippen MR) is 141 cm³/mol. The molecule has 0 saturated heterocycles. The van der Waals surface area contributed by atoms with Gasteiger partial charge >= 0.3 is 6.36 Å². The van der Waals surface area contributed by atoms with E-state index in [0.29, 0.717) is 22.6 Å². The monoisotopic (exact) mass is 542 g/mol. The molecule has 0 aliphatic rings. The molecule has 1 heterocycles. The van der Waals surface area contributed by atoms with E-state index in [2.05, 4.69) is 19.9 Å². The largest absolute Gasteiger partial charge is 0.573 e. The zero-order valence-electron chi connectivity index (χ0n) is 20.2. The van der Waals surface area contributed by atoms with Crippen LogP contribution in [0, 0.1) is 5.82 Å². The van der Waals surface area contributed by atoms with E-state index < -0.39 is 12.2 Å². The van der Waals surface area contributed by atoms with Gasteiger partial charge in [-0.05, 0) is 59.6 Å². The summed E-state index contributed by atoms with van der Waals surface area (Å²) in [5.74, 6) is -0.392. The summed E-state index contributed by atoms with van der Waals surface area (Å²) in [5.41, 5.74) is 8.67. The maximum atomic E-state index is 14.7. The molecular formula is C26H22F4N6OS. The summed E-state index contributed by atoms with van der Waals surface area (Å²) in [6, 6.07) is 17.1. The Hall–Kier alpha value is -4.32. The molecule has 0 unspecified atom stereocenters. The number of alkyl halides is 3. The first kappa shape index (κ1) is 26.7. The van der Waals surface area contributed by atoms with Crippen LogP contribution in [0.2, 0.25) is 0 Å². The van der Waals surface area contributed by atoms with Crippen molar-refractivity contribution in [2.45, 2.75) is 26.1 Å². The molecule has 4 rings (SSSR count). The second kappa shape index (κ2) is 11.0. The topological polar surface area (TPSA) is 81.6 Å². The van der Waals surface area contributed by atoms with Crippen LogP contribution in [-0.2, 0) is 0 Å². The van der Waals surface area contributed by atoms with E-state index in [9.17, 15) is 17.6 Å². The Morgan fingerprint density at radius 3 is 2.37 bits per heavy atom. The standard InChI is InChI=1S/C26H22F4N6OS/c1-16(2)21-4-3-5-22(27)23(21)36(25(31)38)33-14-17-6-8-18(9-7-17)24-32-15-35(34-24)19-10-12-20(13-11-19)37-26(28,29)30/h3-16H,1-2H3,(H2,31,38)/b33-14+. The molecule has 2 N–H and O–H groups in total. The summed E-state index contributed by atoms with van der Waals surface area (Å²) in [4.78, 5) is 4.27. The van der Waals surface area contributed by atoms with E-state index >= 15 is 0 Å². The summed E-state index contributed by atoms with van der Waals surface area (Å²) in [6.07, 6.45) is -1.80. The fourth-order valence-electron chi connectivity index (χ4n) is 3.61. The zero-order chi connectivity index (χ0) is 27.4. The lowest BCUT2D eigenvalue weighted by Crippen LogP contribution is -2.32. The Morgan fingerprint density at radius 2 is 1.76 bits per heavy atom. The van der Waals surface area contributed by atoms with E-state index in [4.69, 9.17) is 18.0 Å². The minimum atomic E-state index is -4.76. The molecule has 0 bridgehead atoms. The third kappa shape index (κ3) is 6.32. The smallest absolute Gasteiger partial charge is 0.406 e. The Labute approximate surface area is 221 Å². The number of para-hydroxylation sites is 1. The van der Waals surface area contributed by atoms with Crippen molar-refractivity contribution in [3.05, 3.63) is 90.0 Å². The molecular weight excluding hydrogens is 520 g/mol. The van der Waals surface area contributed by atoms with Gasteiger partial charge in [0.15, 0.2) is 10.9 Å². The third-order valence-electron chi connectivity index (χ3n) is 5.38. The second-order valence-electron chi connectivity index (χ2n) is 8.40. The van der Waals surface area contributed by atoms with E-state index in [-0.39, 0.29) is 22.5 Å². The molecule has 0 saturated carbocycles.